The van der Waals surface area contributed by atoms with Gasteiger partial charge in [-0.2, -0.15) is 0 Å². The van der Waals surface area contributed by atoms with Crippen molar-refractivity contribution >= 4 is 23.8 Å². The van der Waals surface area contributed by atoms with Crippen LogP contribution in [0.5, 0.6) is 5.75 Å². The zero-order chi connectivity index (χ0) is 21.0. The molecular weight excluding hydrogens is 374 g/mol. The highest BCUT2D eigenvalue weighted by Crippen LogP contribution is 2.31. The third kappa shape index (κ3) is 4.58. The van der Waals surface area contributed by atoms with Crippen molar-refractivity contribution in [3.8, 4) is 5.75 Å². The Hall–Kier alpha value is -2.90. The van der Waals surface area contributed by atoms with Crippen LogP contribution in [0.4, 0.5) is 4.79 Å². The maximum atomic E-state index is 12.7. The van der Waals surface area contributed by atoms with Crippen LogP contribution < -0.4 is 10.1 Å². The van der Waals surface area contributed by atoms with Crippen molar-refractivity contribution in [3.05, 3.63) is 29.8 Å². The molecule has 2 fully saturated rings. The second-order valence-electron chi connectivity index (χ2n) is 7.63. The van der Waals surface area contributed by atoms with Crippen molar-refractivity contribution in [2.45, 2.75) is 45.1 Å². The normalized spacial score (nSPS) is 22.2. The Morgan fingerprint density at radius 2 is 1.79 bits per heavy atom. The van der Waals surface area contributed by atoms with Crippen LogP contribution in [0.15, 0.2) is 24.3 Å². The second-order valence-corrected chi connectivity index (χ2v) is 7.63. The number of hydrogen-bond donors (Lipinski definition) is 1. The predicted molar refractivity (Wildman–Crippen MR) is 105 cm³/mol. The average Bonchev–Trinajstić information content (AvgIpc) is 2.92. The van der Waals surface area contributed by atoms with Gasteiger partial charge in [0.15, 0.2) is 0 Å². The lowest BCUT2D eigenvalue weighted by Crippen LogP contribution is -2.47. The van der Waals surface area contributed by atoms with Crippen molar-refractivity contribution in [2.75, 3.05) is 20.2 Å². The van der Waals surface area contributed by atoms with Gasteiger partial charge in [0.1, 0.15) is 12.3 Å². The fourth-order valence-electron chi connectivity index (χ4n) is 3.97. The number of hydrogen-bond acceptors (Lipinski definition) is 5. The molecule has 0 spiro atoms. The zero-order valence-electron chi connectivity index (χ0n) is 16.8. The summed E-state index contributed by atoms with van der Waals surface area (Å²) in [7, 11) is 1.59. The first-order valence-corrected chi connectivity index (χ1v) is 10.0. The third-order valence-electron chi connectivity index (χ3n) is 5.68. The van der Waals surface area contributed by atoms with E-state index in [0.717, 1.165) is 40.4 Å². The van der Waals surface area contributed by atoms with Crippen LogP contribution in [0, 0.1) is 5.92 Å². The molecule has 1 aromatic rings. The van der Waals surface area contributed by atoms with Crippen LogP contribution in [-0.2, 0) is 20.8 Å². The highest BCUT2D eigenvalue weighted by atomic mass is 16.5. The number of ether oxygens (including phenoxy) is 1. The summed E-state index contributed by atoms with van der Waals surface area (Å²) >= 11 is 0. The molecule has 5 amide bonds. The maximum absolute atomic E-state index is 12.7. The van der Waals surface area contributed by atoms with Crippen molar-refractivity contribution in [2.24, 2.45) is 5.92 Å². The van der Waals surface area contributed by atoms with E-state index in [4.69, 9.17) is 4.74 Å². The number of benzene rings is 1. The minimum atomic E-state index is -0.918. The van der Waals surface area contributed by atoms with Gasteiger partial charge >= 0.3 is 17.8 Å². The molecule has 2 aliphatic rings. The van der Waals surface area contributed by atoms with E-state index in [1.54, 1.807) is 7.11 Å². The molecule has 0 aromatic heterocycles. The lowest BCUT2D eigenvalue weighted by Gasteiger charge is -2.34. The molecule has 0 unspecified atom stereocenters. The number of amides is 5. The average molecular weight is 401 g/mol. The summed E-state index contributed by atoms with van der Waals surface area (Å²) in [6, 6.07) is 6.54. The highest BCUT2D eigenvalue weighted by molar-refractivity contribution is 6.45. The van der Waals surface area contributed by atoms with Crippen molar-refractivity contribution < 1.29 is 23.9 Å². The molecule has 29 heavy (non-hydrogen) atoms. The van der Waals surface area contributed by atoms with E-state index in [1.807, 2.05) is 31.2 Å². The summed E-state index contributed by atoms with van der Waals surface area (Å²) in [5.41, 5.74) is 1.02. The predicted octanol–water partition coefficient (Wildman–Crippen LogP) is 1.72. The standard InChI is InChI=1S/C21H27N3O5/c1-14-5-3-4-6-17(14)24-20(27)19(26)23(21(24)28)13-18(25)22-12-11-15-7-9-16(29-2)10-8-15/h7-10,14,17H,3-6,11-13H2,1-2H3,(H,22,25)/t14-,17+/m0/s1. The van der Waals surface area contributed by atoms with E-state index >= 15 is 0 Å². The molecular formula is C21H27N3O5. The van der Waals surface area contributed by atoms with Gasteiger partial charge in [0.05, 0.1) is 7.11 Å². The Bertz CT molecular complexity index is 792. The fourth-order valence-corrected chi connectivity index (χ4v) is 3.97. The van der Waals surface area contributed by atoms with Gasteiger partial charge in [-0.15, -0.1) is 0 Å². The van der Waals surface area contributed by atoms with Gasteiger partial charge in [0.2, 0.25) is 5.91 Å². The summed E-state index contributed by atoms with van der Waals surface area (Å²) in [5, 5.41) is 2.70. The summed E-state index contributed by atoms with van der Waals surface area (Å²) in [6.07, 6.45) is 4.20. The van der Waals surface area contributed by atoms with Crippen LogP contribution in [-0.4, -0.2) is 59.8 Å². The van der Waals surface area contributed by atoms with Crippen LogP contribution in [0.2, 0.25) is 0 Å². The number of nitrogens with one attached hydrogen (secondary N) is 1. The lowest BCUT2D eigenvalue weighted by atomic mass is 9.85. The molecule has 2 atom stereocenters. The number of carbonyl (C=O) groups is 4. The van der Waals surface area contributed by atoms with Gasteiger partial charge in [0.25, 0.3) is 0 Å². The molecule has 1 aliphatic carbocycles. The van der Waals surface area contributed by atoms with Crippen LogP contribution in [0.3, 0.4) is 0 Å². The molecule has 1 saturated carbocycles. The smallest absolute Gasteiger partial charge is 0.334 e. The SMILES string of the molecule is COc1ccc(CCNC(=O)CN2C(=O)C(=O)N([C@@H]3CCCC[C@@H]3C)C2=O)cc1. The van der Waals surface area contributed by atoms with Gasteiger partial charge in [-0.25, -0.2) is 9.69 Å². The number of nitrogens with zero attached hydrogens (tertiary/aromatic N) is 2. The molecule has 156 valence electrons. The molecule has 1 aliphatic heterocycles. The molecule has 8 heteroatoms. The number of carbonyl (C=O) groups excluding carboxylic acids is 4. The molecule has 1 heterocycles. The Morgan fingerprint density at radius 1 is 1.10 bits per heavy atom. The van der Waals surface area contributed by atoms with Crippen LogP contribution in [0.25, 0.3) is 0 Å². The topological polar surface area (TPSA) is 96.0 Å². The third-order valence-corrected chi connectivity index (χ3v) is 5.68. The largest absolute Gasteiger partial charge is 0.497 e. The van der Waals surface area contributed by atoms with Gasteiger partial charge < -0.3 is 10.1 Å². The highest BCUT2D eigenvalue weighted by Gasteiger charge is 2.49. The van der Waals surface area contributed by atoms with Crippen molar-refractivity contribution in [1.29, 1.82) is 0 Å². The van der Waals surface area contributed by atoms with Gasteiger partial charge in [-0.1, -0.05) is 31.9 Å². The molecule has 0 radical (unpaired) electrons. The van der Waals surface area contributed by atoms with Crippen molar-refractivity contribution in [1.82, 2.24) is 15.1 Å². The number of imide groups is 2. The molecule has 1 N–H and O–H groups in total. The molecule has 8 nitrogen and oxygen atoms in total. The second kappa shape index (κ2) is 9.07. The van der Waals surface area contributed by atoms with Crippen LogP contribution in [0.1, 0.15) is 38.2 Å². The van der Waals surface area contributed by atoms with Gasteiger partial charge in [0, 0.05) is 12.6 Å². The van der Waals surface area contributed by atoms with E-state index in [1.165, 1.54) is 0 Å². The fraction of sp³-hybridized carbons (Fsp3) is 0.524. The quantitative estimate of drug-likeness (QED) is 0.554. The Kier molecular flexibility index (Phi) is 6.51. The first kappa shape index (κ1) is 20.8. The Labute approximate surface area is 170 Å². The Balaban J connectivity index is 1.53. The number of urea groups is 1. The van der Waals surface area contributed by atoms with E-state index in [2.05, 4.69) is 5.32 Å². The first-order valence-electron chi connectivity index (χ1n) is 10.0. The van der Waals surface area contributed by atoms with E-state index in [9.17, 15) is 19.2 Å². The number of methoxy groups -OCH3 is 1. The minimum absolute atomic E-state index is 0.155. The zero-order valence-corrected chi connectivity index (χ0v) is 16.8. The first-order chi connectivity index (χ1) is 13.9. The summed E-state index contributed by atoms with van der Waals surface area (Å²) in [6.45, 7) is 1.91. The summed E-state index contributed by atoms with van der Waals surface area (Å²) in [4.78, 5) is 51.4. The maximum Gasteiger partial charge on any atom is 0.334 e. The molecule has 3 rings (SSSR count). The summed E-state index contributed by atoms with van der Waals surface area (Å²) < 4.78 is 5.10. The molecule has 0 bridgehead atoms. The van der Waals surface area contributed by atoms with Crippen molar-refractivity contribution in [3.63, 3.8) is 0 Å². The molecule has 1 saturated heterocycles. The minimum Gasteiger partial charge on any atom is -0.497 e. The molecule has 1 aromatic carbocycles. The number of rotatable bonds is 7. The van der Waals surface area contributed by atoms with E-state index in [-0.39, 0.29) is 12.0 Å². The summed E-state index contributed by atoms with van der Waals surface area (Å²) in [5.74, 6) is -1.29. The van der Waals surface area contributed by atoms with E-state index < -0.39 is 30.3 Å². The van der Waals surface area contributed by atoms with Crippen LogP contribution >= 0.6 is 0 Å². The lowest BCUT2D eigenvalue weighted by molar-refractivity contribution is -0.145. The van der Waals surface area contributed by atoms with Gasteiger partial charge in [-0.05, 0) is 42.9 Å². The van der Waals surface area contributed by atoms with E-state index in [0.29, 0.717) is 19.4 Å². The van der Waals surface area contributed by atoms with Gasteiger partial charge in [-0.3, -0.25) is 19.3 Å². The monoisotopic (exact) mass is 401 g/mol. The Morgan fingerprint density at radius 3 is 2.45 bits per heavy atom.